The summed E-state index contributed by atoms with van der Waals surface area (Å²) in [5.41, 5.74) is 0.220. The molecule has 0 saturated heterocycles. The lowest BCUT2D eigenvalue weighted by Gasteiger charge is -2.30. The number of fused-ring (bicyclic) bond motifs is 1. The average Bonchev–Trinajstić information content (AvgIpc) is 3.09. The molecule has 2 amide bonds. The predicted octanol–water partition coefficient (Wildman–Crippen LogP) is 3.09. The summed E-state index contributed by atoms with van der Waals surface area (Å²) in [6.45, 7) is 6.75. The van der Waals surface area contributed by atoms with E-state index in [4.69, 9.17) is 4.74 Å². The van der Waals surface area contributed by atoms with E-state index in [2.05, 4.69) is 10.4 Å². The van der Waals surface area contributed by atoms with Crippen LogP contribution in [0.2, 0.25) is 0 Å². The molecule has 9 heteroatoms. The molecule has 2 aromatic rings. The fraction of sp³-hybridized carbons (Fsp3) is 0.438. The second-order valence-corrected chi connectivity index (χ2v) is 7.61. The first-order valence-electron chi connectivity index (χ1n) is 7.82. The molecule has 1 aliphatic heterocycles. The highest BCUT2D eigenvalue weighted by atomic mass is 32.1. The van der Waals surface area contributed by atoms with Crippen LogP contribution in [0.25, 0.3) is 0 Å². The minimum absolute atomic E-state index is 0.0151. The van der Waals surface area contributed by atoms with E-state index in [1.807, 2.05) is 20.8 Å². The zero-order valence-electron chi connectivity index (χ0n) is 14.2. The topological polar surface area (TPSA) is 76.5 Å². The van der Waals surface area contributed by atoms with Crippen molar-refractivity contribution in [3.8, 4) is 0 Å². The molecule has 3 rings (SSSR count). The SMILES string of the molecule is CC(C)(C)OC(=O)N1CCn2nc(NC(=O)c3sccc3F)cc2C1. The fourth-order valence-corrected chi connectivity index (χ4v) is 3.10. The summed E-state index contributed by atoms with van der Waals surface area (Å²) in [5, 5.41) is 8.39. The van der Waals surface area contributed by atoms with E-state index in [1.54, 1.807) is 15.6 Å². The number of amides is 2. The van der Waals surface area contributed by atoms with Gasteiger partial charge in [-0.2, -0.15) is 5.10 Å². The number of anilines is 1. The quantitative estimate of drug-likeness (QED) is 0.886. The standard InChI is InChI=1S/C16H19FN4O3S/c1-16(2,3)24-15(23)20-5-6-21-10(9-20)8-12(19-21)18-14(22)13-11(17)4-7-25-13/h4,7-8H,5-6,9H2,1-3H3,(H,18,19,22). The van der Waals surface area contributed by atoms with Crippen molar-refractivity contribution in [2.75, 3.05) is 11.9 Å². The van der Waals surface area contributed by atoms with Gasteiger partial charge in [0.2, 0.25) is 0 Å². The van der Waals surface area contributed by atoms with Crippen LogP contribution in [-0.4, -0.2) is 38.8 Å². The molecule has 0 radical (unpaired) electrons. The Bertz CT molecular complexity index is 809. The molecule has 1 aliphatic rings. The maximum absolute atomic E-state index is 13.5. The van der Waals surface area contributed by atoms with E-state index in [1.165, 1.54) is 11.4 Å². The number of hydrogen-bond donors (Lipinski definition) is 1. The van der Waals surface area contributed by atoms with Crippen molar-refractivity contribution in [3.63, 3.8) is 0 Å². The Labute approximate surface area is 148 Å². The van der Waals surface area contributed by atoms with Gasteiger partial charge in [-0.25, -0.2) is 9.18 Å². The number of ether oxygens (including phenoxy) is 1. The Hall–Kier alpha value is -2.42. The van der Waals surface area contributed by atoms with Gasteiger partial charge in [-0.15, -0.1) is 11.3 Å². The monoisotopic (exact) mass is 366 g/mol. The van der Waals surface area contributed by atoms with Crippen molar-refractivity contribution in [2.45, 2.75) is 39.5 Å². The van der Waals surface area contributed by atoms with Crippen molar-refractivity contribution < 1.29 is 18.7 Å². The van der Waals surface area contributed by atoms with Crippen LogP contribution in [0.3, 0.4) is 0 Å². The summed E-state index contributed by atoms with van der Waals surface area (Å²) in [7, 11) is 0. The summed E-state index contributed by atoms with van der Waals surface area (Å²) < 4.78 is 20.6. The summed E-state index contributed by atoms with van der Waals surface area (Å²) >= 11 is 1.03. The first-order chi connectivity index (χ1) is 11.7. The summed E-state index contributed by atoms with van der Waals surface area (Å²) in [5.74, 6) is -0.756. The smallest absolute Gasteiger partial charge is 0.410 e. The van der Waals surface area contributed by atoms with Gasteiger partial charge in [0, 0.05) is 12.6 Å². The third-order valence-corrected chi connectivity index (χ3v) is 4.40. The number of carbonyl (C=O) groups excluding carboxylic acids is 2. The second kappa shape index (κ2) is 6.47. The molecular weight excluding hydrogens is 347 g/mol. The van der Waals surface area contributed by atoms with Gasteiger partial charge in [-0.3, -0.25) is 9.48 Å². The predicted molar refractivity (Wildman–Crippen MR) is 91.1 cm³/mol. The lowest BCUT2D eigenvalue weighted by Crippen LogP contribution is -2.41. The molecular formula is C16H19FN4O3S. The maximum Gasteiger partial charge on any atom is 0.410 e. The Kier molecular flexibility index (Phi) is 4.51. The number of rotatable bonds is 2. The van der Waals surface area contributed by atoms with Crippen molar-refractivity contribution in [3.05, 3.63) is 33.9 Å². The van der Waals surface area contributed by atoms with Crippen LogP contribution < -0.4 is 5.32 Å². The van der Waals surface area contributed by atoms with Crippen LogP contribution in [0, 0.1) is 5.82 Å². The highest BCUT2D eigenvalue weighted by Gasteiger charge is 2.27. The lowest BCUT2D eigenvalue weighted by molar-refractivity contribution is 0.0194. The van der Waals surface area contributed by atoms with Gasteiger partial charge in [-0.1, -0.05) is 0 Å². The number of nitrogens with one attached hydrogen (secondary N) is 1. The second-order valence-electron chi connectivity index (χ2n) is 6.70. The van der Waals surface area contributed by atoms with Crippen molar-refractivity contribution >= 4 is 29.2 Å². The number of hydrogen-bond acceptors (Lipinski definition) is 5. The van der Waals surface area contributed by atoms with Crippen molar-refractivity contribution in [1.29, 1.82) is 0 Å². The average molecular weight is 366 g/mol. The van der Waals surface area contributed by atoms with Crippen molar-refractivity contribution in [1.82, 2.24) is 14.7 Å². The summed E-state index contributed by atoms with van der Waals surface area (Å²) in [4.78, 5) is 25.8. The summed E-state index contributed by atoms with van der Waals surface area (Å²) in [6, 6.07) is 2.93. The minimum Gasteiger partial charge on any atom is -0.444 e. The third-order valence-electron chi connectivity index (χ3n) is 3.51. The molecule has 2 aromatic heterocycles. The molecule has 0 bridgehead atoms. The van der Waals surface area contributed by atoms with E-state index in [0.29, 0.717) is 25.5 Å². The molecule has 25 heavy (non-hydrogen) atoms. The molecule has 134 valence electrons. The number of halogens is 1. The Balaban J connectivity index is 1.68. The molecule has 0 unspecified atom stereocenters. The van der Waals surface area contributed by atoms with Gasteiger partial charge in [0.05, 0.1) is 18.8 Å². The Morgan fingerprint density at radius 2 is 2.12 bits per heavy atom. The van der Waals surface area contributed by atoms with Gasteiger partial charge in [0.1, 0.15) is 16.3 Å². The van der Waals surface area contributed by atoms with E-state index in [9.17, 15) is 14.0 Å². The van der Waals surface area contributed by atoms with Gasteiger partial charge in [0.25, 0.3) is 5.91 Å². The van der Waals surface area contributed by atoms with Crippen LogP contribution in [0.5, 0.6) is 0 Å². The van der Waals surface area contributed by atoms with Crippen LogP contribution >= 0.6 is 11.3 Å². The molecule has 1 N–H and O–H groups in total. The number of nitrogens with zero attached hydrogens (tertiary/aromatic N) is 3. The first kappa shape index (κ1) is 17.4. The third kappa shape index (κ3) is 3.98. The highest BCUT2D eigenvalue weighted by Crippen LogP contribution is 2.21. The van der Waals surface area contributed by atoms with Crippen LogP contribution in [0.1, 0.15) is 36.1 Å². The molecule has 0 spiro atoms. The van der Waals surface area contributed by atoms with Crippen LogP contribution in [0.15, 0.2) is 17.5 Å². The maximum atomic E-state index is 13.5. The van der Waals surface area contributed by atoms with Gasteiger partial charge in [0.15, 0.2) is 5.82 Å². The normalized spacial score (nSPS) is 14.2. The number of carbonyl (C=O) groups is 2. The molecule has 0 saturated carbocycles. The lowest BCUT2D eigenvalue weighted by atomic mass is 10.2. The fourth-order valence-electron chi connectivity index (χ4n) is 2.44. The van der Waals surface area contributed by atoms with E-state index >= 15 is 0 Å². The summed E-state index contributed by atoms with van der Waals surface area (Å²) in [6.07, 6.45) is -0.383. The first-order valence-corrected chi connectivity index (χ1v) is 8.70. The van der Waals surface area contributed by atoms with Crippen LogP contribution in [-0.2, 0) is 17.8 Å². The molecule has 7 nitrogen and oxygen atoms in total. The van der Waals surface area contributed by atoms with E-state index in [-0.39, 0.29) is 11.0 Å². The van der Waals surface area contributed by atoms with Crippen molar-refractivity contribution in [2.24, 2.45) is 0 Å². The molecule has 0 atom stereocenters. The number of aromatic nitrogens is 2. The van der Waals surface area contributed by atoms with Crippen LogP contribution in [0.4, 0.5) is 15.0 Å². The van der Waals surface area contributed by atoms with Gasteiger partial charge < -0.3 is 15.0 Å². The van der Waals surface area contributed by atoms with Gasteiger partial charge in [-0.05, 0) is 32.2 Å². The highest BCUT2D eigenvalue weighted by molar-refractivity contribution is 7.12. The Morgan fingerprint density at radius 3 is 2.76 bits per heavy atom. The van der Waals surface area contributed by atoms with E-state index < -0.39 is 17.3 Å². The molecule has 0 fully saturated rings. The number of thiophene rings is 1. The Morgan fingerprint density at radius 1 is 1.36 bits per heavy atom. The molecule has 3 heterocycles. The zero-order valence-corrected chi connectivity index (χ0v) is 15.0. The van der Waals surface area contributed by atoms with E-state index in [0.717, 1.165) is 17.0 Å². The van der Waals surface area contributed by atoms with Gasteiger partial charge >= 0.3 is 6.09 Å². The minimum atomic E-state index is -0.557. The largest absolute Gasteiger partial charge is 0.444 e. The zero-order chi connectivity index (χ0) is 18.2. The molecule has 0 aliphatic carbocycles. The molecule has 0 aromatic carbocycles.